The molecule has 4 heterocycles. The third kappa shape index (κ3) is 3.38. The van der Waals surface area contributed by atoms with Crippen molar-refractivity contribution in [2.24, 2.45) is 5.92 Å². The van der Waals surface area contributed by atoms with Crippen molar-refractivity contribution in [3.05, 3.63) is 29.6 Å². The molecule has 0 saturated carbocycles. The van der Waals surface area contributed by atoms with Crippen LogP contribution in [0.15, 0.2) is 15.3 Å². The number of nitrogens with zero attached hydrogens (tertiary/aromatic N) is 4. The lowest BCUT2D eigenvalue weighted by atomic mass is 9.78. The number of piperidine rings is 1. The van der Waals surface area contributed by atoms with Crippen molar-refractivity contribution < 1.29 is 18.5 Å². The van der Waals surface area contributed by atoms with Gasteiger partial charge in [0.05, 0.1) is 11.3 Å². The third-order valence-electron chi connectivity index (χ3n) is 5.53. The van der Waals surface area contributed by atoms with Crippen LogP contribution >= 0.6 is 0 Å². The van der Waals surface area contributed by atoms with Crippen molar-refractivity contribution in [2.75, 3.05) is 19.7 Å². The number of aromatic nitrogens is 3. The molecule has 0 radical (unpaired) electrons. The number of carbonyl (C=O) groups excluding carboxylic acids is 1. The highest BCUT2D eigenvalue weighted by Crippen LogP contribution is 2.39. The van der Waals surface area contributed by atoms with E-state index in [1.54, 1.807) is 6.92 Å². The van der Waals surface area contributed by atoms with Crippen LogP contribution in [-0.4, -0.2) is 51.2 Å². The van der Waals surface area contributed by atoms with Crippen LogP contribution in [0.25, 0.3) is 0 Å². The van der Waals surface area contributed by atoms with Gasteiger partial charge in [0.1, 0.15) is 0 Å². The van der Waals surface area contributed by atoms with Gasteiger partial charge in [-0.3, -0.25) is 4.79 Å². The highest BCUT2D eigenvalue weighted by molar-refractivity contribution is 5.92. The maximum Gasteiger partial charge on any atom is 0.291 e. The first-order valence-electron chi connectivity index (χ1n) is 9.17. The average molecular weight is 360 g/mol. The van der Waals surface area contributed by atoms with E-state index in [0.717, 1.165) is 38.7 Å². The van der Waals surface area contributed by atoms with Crippen LogP contribution in [0.3, 0.4) is 0 Å². The third-order valence-corrected chi connectivity index (χ3v) is 5.53. The summed E-state index contributed by atoms with van der Waals surface area (Å²) in [6, 6.07) is 0. The van der Waals surface area contributed by atoms with E-state index in [1.165, 1.54) is 6.39 Å². The fourth-order valence-electron chi connectivity index (χ4n) is 4.09. The number of hydrogen-bond acceptors (Lipinski definition) is 7. The Kier molecular flexibility index (Phi) is 4.52. The van der Waals surface area contributed by atoms with Crippen molar-refractivity contribution in [1.29, 1.82) is 0 Å². The first-order valence-corrected chi connectivity index (χ1v) is 9.17. The number of hydrogen-bond donors (Lipinski definition) is 0. The Balaban J connectivity index is 1.36. The van der Waals surface area contributed by atoms with Gasteiger partial charge in [0.15, 0.2) is 12.2 Å². The highest BCUT2D eigenvalue weighted by atomic mass is 16.5. The predicted octanol–water partition coefficient (Wildman–Crippen LogP) is 2.32. The maximum atomic E-state index is 12.6. The minimum Gasteiger partial charge on any atom is -0.438 e. The number of carbonyl (C=O) groups is 1. The molecule has 2 saturated heterocycles. The monoisotopic (exact) mass is 360 g/mol. The van der Waals surface area contributed by atoms with Crippen molar-refractivity contribution in [3.63, 3.8) is 0 Å². The Morgan fingerprint density at radius 3 is 2.81 bits per heavy atom. The van der Waals surface area contributed by atoms with Gasteiger partial charge in [-0.05, 0) is 45.4 Å². The normalized spacial score (nSPS) is 22.7. The fraction of sp³-hybridized carbons (Fsp3) is 0.667. The number of likely N-dealkylation sites (tertiary alicyclic amines) is 1. The molecule has 0 bridgehead atoms. The topological polar surface area (TPSA) is 94.5 Å². The summed E-state index contributed by atoms with van der Waals surface area (Å²) >= 11 is 0. The van der Waals surface area contributed by atoms with E-state index in [1.807, 2.05) is 11.8 Å². The van der Waals surface area contributed by atoms with Gasteiger partial charge >= 0.3 is 0 Å². The van der Waals surface area contributed by atoms with E-state index in [4.69, 9.17) is 13.7 Å². The number of ether oxygens (including phenoxy) is 1. The average Bonchev–Trinajstić information content (AvgIpc) is 3.23. The highest BCUT2D eigenvalue weighted by Gasteiger charge is 2.42. The van der Waals surface area contributed by atoms with E-state index in [2.05, 4.69) is 15.1 Å². The molecule has 2 aliphatic rings. The van der Waals surface area contributed by atoms with Gasteiger partial charge in [-0.2, -0.15) is 4.98 Å². The van der Waals surface area contributed by atoms with Gasteiger partial charge in [0, 0.05) is 26.1 Å². The van der Waals surface area contributed by atoms with E-state index in [0.29, 0.717) is 42.2 Å². The van der Waals surface area contributed by atoms with Crippen LogP contribution in [0.1, 0.15) is 53.6 Å². The zero-order chi connectivity index (χ0) is 18.1. The largest absolute Gasteiger partial charge is 0.438 e. The maximum absolute atomic E-state index is 12.6. The summed E-state index contributed by atoms with van der Waals surface area (Å²) in [5.41, 5.74) is 0.490. The minimum absolute atomic E-state index is 0.0801. The number of amides is 1. The second kappa shape index (κ2) is 6.83. The molecule has 140 valence electrons. The summed E-state index contributed by atoms with van der Waals surface area (Å²) in [6.45, 7) is 5.71. The van der Waals surface area contributed by atoms with Gasteiger partial charge in [-0.25, -0.2) is 4.98 Å². The Bertz CT molecular complexity index is 776. The van der Waals surface area contributed by atoms with Crippen LogP contribution in [-0.2, 0) is 11.2 Å². The lowest BCUT2D eigenvalue weighted by molar-refractivity contribution is -0.124. The smallest absolute Gasteiger partial charge is 0.291 e. The molecule has 1 unspecified atom stereocenters. The number of rotatable bonds is 3. The molecule has 8 nitrogen and oxygen atoms in total. The second-order valence-corrected chi connectivity index (χ2v) is 7.39. The molecule has 2 aromatic rings. The molecule has 26 heavy (non-hydrogen) atoms. The quantitative estimate of drug-likeness (QED) is 0.829. The molecule has 4 rings (SSSR count). The van der Waals surface area contributed by atoms with Gasteiger partial charge < -0.3 is 18.6 Å². The summed E-state index contributed by atoms with van der Waals surface area (Å²) in [6.07, 6.45) is 5.77. The molecule has 8 heteroatoms. The Hall–Kier alpha value is -2.22. The van der Waals surface area contributed by atoms with Crippen molar-refractivity contribution in [2.45, 2.75) is 51.6 Å². The minimum atomic E-state index is -0.148. The second-order valence-electron chi connectivity index (χ2n) is 7.39. The zero-order valence-corrected chi connectivity index (χ0v) is 15.2. The summed E-state index contributed by atoms with van der Waals surface area (Å²) in [5.74, 6) is 2.12. The van der Waals surface area contributed by atoms with E-state index < -0.39 is 0 Å². The molecule has 0 N–H and O–H groups in total. The lowest BCUT2D eigenvalue weighted by Gasteiger charge is -2.46. The summed E-state index contributed by atoms with van der Waals surface area (Å²) in [4.78, 5) is 22.8. The van der Waals surface area contributed by atoms with Gasteiger partial charge in [0.25, 0.3) is 5.91 Å². The molecule has 1 amide bonds. The molecular formula is C18H24N4O4. The molecule has 2 fully saturated rings. The van der Waals surface area contributed by atoms with Gasteiger partial charge in [0.2, 0.25) is 11.7 Å². The van der Waals surface area contributed by atoms with Crippen LogP contribution in [0.2, 0.25) is 0 Å². The van der Waals surface area contributed by atoms with Gasteiger partial charge in [-0.15, -0.1) is 0 Å². The van der Waals surface area contributed by atoms with Crippen molar-refractivity contribution in [3.8, 4) is 0 Å². The standard InChI is InChI=1S/C18H24N4O4/c1-12-16(24-11-19-12)17(23)22-6-4-18(5-7-22)10-14(3-8-25-18)9-15-20-13(2)21-26-15/h11,14H,3-10H2,1-2H3. The Labute approximate surface area is 151 Å². The molecular weight excluding hydrogens is 336 g/mol. The van der Waals surface area contributed by atoms with E-state index >= 15 is 0 Å². The van der Waals surface area contributed by atoms with Crippen LogP contribution < -0.4 is 0 Å². The zero-order valence-electron chi connectivity index (χ0n) is 15.2. The van der Waals surface area contributed by atoms with Crippen molar-refractivity contribution in [1.82, 2.24) is 20.0 Å². The number of aryl methyl sites for hydroxylation is 2. The van der Waals surface area contributed by atoms with E-state index in [9.17, 15) is 4.79 Å². The predicted molar refractivity (Wildman–Crippen MR) is 90.5 cm³/mol. The number of oxazole rings is 1. The van der Waals surface area contributed by atoms with Crippen LogP contribution in [0.5, 0.6) is 0 Å². The molecule has 1 spiro atoms. The first kappa shape index (κ1) is 17.2. The molecule has 1 atom stereocenters. The van der Waals surface area contributed by atoms with E-state index in [-0.39, 0.29) is 11.5 Å². The summed E-state index contributed by atoms with van der Waals surface area (Å²) < 4.78 is 16.7. The molecule has 0 aliphatic carbocycles. The molecule has 2 aromatic heterocycles. The van der Waals surface area contributed by atoms with Crippen LogP contribution in [0.4, 0.5) is 0 Å². The first-order chi connectivity index (χ1) is 12.5. The van der Waals surface area contributed by atoms with Crippen molar-refractivity contribution >= 4 is 5.91 Å². The molecule has 0 aromatic carbocycles. The van der Waals surface area contributed by atoms with Gasteiger partial charge in [-0.1, -0.05) is 5.16 Å². The summed E-state index contributed by atoms with van der Waals surface area (Å²) in [7, 11) is 0. The SMILES string of the molecule is Cc1noc(CC2CCOC3(CCN(C(=O)c4ocnc4C)CC3)C2)n1. The Morgan fingerprint density at radius 2 is 2.15 bits per heavy atom. The summed E-state index contributed by atoms with van der Waals surface area (Å²) in [5, 5.41) is 3.87. The Morgan fingerprint density at radius 1 is 1.35 bits per heavy atom. The fourth-order valence-corrected chi connectivity index (χ4v) is 4.09. The van der Waals surface area contributed by atoms with Crippen LogP contribution in [0, 0.1) is 19.8 Å². The molecule has 2 aliphatic heterocycles. The lowest BCUT2D eigenvalue weighted by Crippen LogP contribution is -2.51.